The Morgan fingerprint density at radius 2 is 1.96 bits per heavy atom. The molecule has 1 aromatic carbocycles. The molecule has 0 radical (unpaired) electrons. The summed E-state index contributed by atoms with van der Waals surface area (Å²) in [6, 6.07) is 5.46. The van der Waals surface area contributed by atoms with Crippen LogP contribution in [0.2, 0.25) is 0 Å². The lowest BCUT2D eigenvalue weighted by Crippen LogP contribution is -2.45. The largest absolute Gasteiger partial charge is 0.497 e. The Labute approximate surface area is 166 Å². The molecule has 1 saturated heterocycles. The fraction of sp³-hybridized carbons (Fsp3) is 0.600. The number of amides is 1. The standard InChI is InChI=1S/C20H32N4O4/c1-5-19(26)24-8-7-15(13-24)23-20(21-6-2)22-12-18(25)14-9-16(27-3)11-17(10-14)28-4/h9-11,15,18,25H,5-8,12-13H2,1-4H3,(H2,21,22,23). The number of aliphatic hydroxyl groups is 1. The number of aliphatic imine (C=N–C) groups is 1. The van der Waals surface area contributed by atoms with Crippen molar-refractivity contribution < 1.29 is 19.4 Å². The smallest absolute Gasteiger partial charge is 0.222 e. The highest BCUT2D eigenvalue weighted by atomic mass is 16.5. The summed E-state index contributed by atoms with van der Waals surface area (Å²) in [6.07, 6.45) is 0.615. The molecular formula is C20H32N4O4. The van der Waals surface area contributed by atoms with Crippen molar-refractivity contribution in [2.24, 2.45) is 4.99 Å². The van der Waals surface area contributed by atoms with Crippen LogP contribution in [0.1, 0.15) is 38.4 Å². The first-order valence-corrected chi connectivity index (χ1v) is 9.74. The van der Waals surface area contributed by atoms with Gasteiger partial charge in [-0.25, -0.2) is 0 Å². The molecule has 0 aromatic heterocycles. The van der Waals surface area contributed by atoms with E-state index < -0.39 is 6.10 Å². The zero-order valence-corrected chi connectivity index (χ0v) is 17.2. The highest BCUT2D eigenvalue weighted by Crippen LogP contribution is 2.26. The second kappa shape index (κ2) is 10.8. The minimum Gasteiger partial charge on any atom is -0.497 e. The van der Waals surface area contributed by atoms with Gasteiger partial charge in [0, 0.05) is 38.2 Å². The van der Waals surface area contributed by atoms with Gasteiger partial charge in [-0.2, -0.15) is 0 Å². The Balaban J connectivity index is 2.01. The molecule has 1 fully saturated rings. The van der Waals surface area contributed by atoms with Gasteiger partial charge in [-0.1, -0.05) is 6.92 Å². The summed E-state index contributed by atoms with van der Waals surface area (Å²) in [5.41, 5.74) is 0.677. The number of aliphatic hydroxyl groups excluding tert-OH is 1. The zero-order valence-electron chi connectivity index (χ0n) is 17.2. The molecule has 28 heavy (non-hydrogen) atoms. The number of guanidine groups is 1. The van der Waals surface area contributed by atoms with Crippen LogP contribution in [0, 0.1) is 0 Å². The van der Waals surface area contributed by atoms with E-state index in [4.69, 9.17) is 9.47 Å². The molecule has 2 unspecified atom stereocenters. The molecule has 2 atom stereocenters. The molecule has 1 aliphatic heterocycles. The van der Waals surface area contributed by atoms with Crippen LogP contribution in [0.3, 0.4) is 0 Å². The van der Waals surface area contributed by atoms with Gasteiger partial charge in [-0.3, -0.25) is 9.79 Å². The first-order valence-electron chi connectivity index (χ1n) is 9.74. The van der Waals surface area contributed by atoms with Crippen molar-refractivity contribution in [3.05, 3.63) is 23.8 Å². The van der Waals surface area contributed by atoms with Crippen LogP contribution in [0.15, 0.2) is 23.2 Å². The second-order valence-corrected chi connectivity index (χ2v) is 6.70. The molecule has 0 aliphatic carbocycles. The zero-order chi connectivity index (χ0) is 20.5. The van der Waals surface area contributed by atoms with E-state index in [1.165, 1.54) is 0 Å². The minimum absolute atomic E-state index is 0.155. The molecule has 0 bridgehead atoms. The molecule has 156 valence electrons. The molecule has 0 saturated carbocycles. The quantitative estimate of drug-likeness (QED) is 0.456. The maximum atomic E-state index is 11.8. The highest BCUT2D eigenvalue weighted by Gasteiger charge is 2.25. The Bertz CT molecular complexity index is 658. The van der Waals surface area contributed by atoms with Gasteiger partial charge in [0.25, 0.3) is 0 Å². The fourth-order valence-corrected chi connectivity index (χ4v) is 3.15. The van der Waals surface area contributed by atoms with Gasteiger partial charge in [0.2, 0.25) is 5.91 Å². The number of hydrogen-bond acceptors (Lipinski definition) is 5. The van der Waals surface area contributed by atoms with E-state index >= 15 is 0 Å². The second-order valence-electron chi connectivity index (χ2n) is 6.70. The molecule has 0 spiro atoms. The maximum absolute atomic E-state index is 11.8. The van der Waals surface area contributed by atoms with Gasteiger partial charge in [0.1, 0.15) is 11.5 Å². The van der Waals surface area contributed by atoms with Crippen LogP contribution in [0.25, 0.3) is 0 Å². The summed E-state index contributed by atoms with van der Waals surface area (Å²) in [4.78, 5) is 18.2. The van der Waals surface area contributed by atoms with E-state index in [1.807, 2.05) is 18.7 Å². The lowest BCUT2D eigenvalue weighted by atomic mass is 10.1. The Kier molecular flexibility index (Phi) is 8.38. The van der Waals surface area contributed by atoms with E-state index in [1.54, 1.807) is 32.4 Å². The molecule has 8 heteroatoms. The predicted octanol–water partition coefficient (Wildman–Crippen LogP) is 1.30. The third-order valence-corrected chi connectivity index (χ3v) is 4.71. The van der Waals surface area contributed by atoms with Gasteiger partial charge >= 0.3 is 0 Å². The van der Waals surface area contributed by atoms with Gasteiger partial charge in [0.15, 0.2) is 5.96 Å². The lowest BCUT2D eigenvalue weighted by Gasteiger charge is -2.19. The minimum atomic E-state index is -0.791. The normalized spacial score (nSPS) is 18.0. The van der Waals surface area contributed by atoms with E-state index in [-0.39, 0.29) is 18.5 Å². The summed E-state index contributed by atoms with van der Waals surface area (Å²) in [5, 5.41) is 17.1. The van der Waals surface area contributed by atoms with Crippen molar-refractivity contribution in [1.82, 2.24) is 15.5 Å². The molecule has 3 N–H and O–H groups in total. The summed E-state index contributed by atoms with van der Waals surface area (Å²) in [6.45, 7) is 6.20. The van der Waals surface area contributed by atoms with E-state index in [0.29, 0.717) is 42.5 Å². The molecular weight excluding hydrogens is 360 g/mol. The molecule has 1 aromatic rings. The average Bonchev–Trinajstić information content (AvgIpc) is 3.19. The van der Waals surface area contributed by atoms with Gasteiger partial charge in [-0.15, -0.1) is 0 Å². The van der Waals surface area contributed by atoms with Crippen LogP contribution in [0.5, 0.6) is 11.5 Å². The fourth-order valence-electron chi connectivity index (χ4n) is 3.15. The average molecular weight is 393 g/mol. The summed E-state index contributed by atoms with van der Waals surface area (Å²) in [5.74, 6) is 2.05. The van der Waals surface area contributed by atoms with Crippen LogP contribution >= 0.6 is 0 Å². The van der Waals surface area contributed by atoms with Crippen molar-refractivity contribution in [1.29, 1.82) is 0 Å². The Morgan fingerprint density at radius 1 is 1.29 bits per heavy atom. The molecule has 2 rings (SSSR count). The number of ether oxygens (including phenoxy) is 2. The third kappa shape index (κ3) is 6.02. The molecule has 1 heterocycles. The number of rotatable bonds is 8. The molecule has 1 amide bonds. The van der Waals surface area contributed by atoms with Crippen molar-refractivity contribution in [3.63, 3.8) is 0 Å². The van der Waals surface area contributed by atoms with Gasteiger partial charge in [-0.05, 0) is 31.0 Å². The first-order chi connectivity index (χ1) is 13.5. The topological polar surface area (TPSA) is 95.4 Å². The molecule has 8 nitrogen and oxygen atoms in total. The van der Waals surface area contributed by atoms with Crippen molar-refractivity contribution in [2.75, 3.05) is 40.4 Å². The number of carbonyl (C=O) groups excluding carboxylic acids is 1. The van der Waals surface area contributed by atoms with Crippen LogP contribution in [-0.2, 0) is 4.79 Å². The Morgan fingerprint density at radius 3 is 2.54 bits per heavy atom. The van der Waals surface area contributed by atoms with E-state index in [0.717, 1.165) is 13.0 Å². The summed E-state index contributed by atoms with van der Waals surface area (Å²) in [7, 11) is 3.15. The number of nitrogens with one attached hydrogen (secondary N) is 2. The highest BCUT2D eigenvalue weighted by molar-refractivity contribution is 5.80. The molecule has 1 aliphatic rings. The van der Waals surface area contributed by atoms with E-state index in [2.05, 4.69) is 15.6 Å². The summed E-state index contributed by atoms with van der Waals surface area (Å²) >= 11 is 0. The van der Waals surface area contributed by atoms with E-state index in [9.17, 15) is 9.90 Å². The third-order valence-electron chi connectivity index (χ3n) is 4.71. The SMILES string of the molecule is CCNC(=NCC(O)c1cc(OC)cc(OC)c1)NC1CCN(C(=O)CC)C1. The van der Waals surface area contributed by atoms with Crippen LogP contribution in [-0.4, -0.2) is 68.3 Å². The number of nitrogens with zero attached hydrogens (tertiary/aromatic N) is 2. The maximum Gasteiger partial charge on any atom is 0.222 e. The number of carbonyl (C=O) groups is 1. The summed E-state index contributed by atoms with van der Waals surface area (Å²) < 4.78 is 10.5. The van der Waals surface area contributed by atoms with Gasteiger partial charge in [0.05, 0.1) is 26.9 Å². The van der Waals surface area contributed by atoms with Crippen molar-refractivity contribution >= 4 is 11.9 Å². The van der Waals surface area contributed by atoms with Gasteiger partial charge < -0.3 is 30.1 Å². The van der Waals surface area contributed by atoms with Crippen molar-refractivity contribution in [3.8, 4) is 11.5 Å². The monoisotopic (exact) mass is 392 g/mol. The van der Waals surface area contributed by atoms with Crippen LogP contribution in [0.4, 0.5) is 0 Å². The van der Waals surface area contributed by atoms with Crippen LogP contribution < -0.4 is 20.1 Å². The number of methoxy groups -OCH3 is 2. The number of benzene rings is 1. The number of hydrogen-bond donors (Lipinski definition) is 3. The first kappa shape index (κ1) is 21.8. The lowest BCUT2D eigenvalue weighted by molar-refractivity contribution is -0.129. The predicted molar refractivity (Wildman–Crippen MR) is 109 cm³/mol. The Hall–Kier alpha value is -2.48. The number of likely N-dealkylation sites (tertiary alicyclic amines) is 1. The van der Waals surface area contributed by atoms with Crippen molar-refractivity contribution in [2.45, 2.75) is 38.8 Å².